The molecular formula is C11H18O3. The standard InChI is InChI=1S/C11H18O3/c1-3-13-10-8-4-7(2)9(5-8)11(10)14-6-12/h6-11H,3-5H2,1-2H3. The monoisotopic (exact) mass is 198 g/mol. The Morgan fingerprint density at radius 3 is 2.79 bits per heavy atom. The van der Waals surface area contributed by atoms with Gasteiger partial charge in [-0.2, -0.15) is 0 Å². The summed E-state index contributed by atoms with van der Waals surface area (Å²) in [4.78, 5) is 10.4. The van der Waals surface area contributed by atoms with Gasteiger partial charge in [-0.3, -0.25) is 4.79 Å². The van der Waals surface area contributed by atoms with Crippen LogP contribution in [0.25, 0.3) is 0 Å². The number of carbonyl (C=O) groups is 1. The normalized spacial score (nSPS) is 45.4. The van der Waals surface area contributed by atoms with Gasteiger partial charge in [0.05, 0.1) is 6.10 Å². The van der Waals surface area contributed by atoms with E-state index in [2.05, 4.69) is 6.92 Å². The van der Waals surface area contributed by atoms with Crippen LogP contribution in [-0.4, -0.2) is 25.3 Å². The lowest BCUT2D eigenvalue weighted by molar-refractivity contribution is -0.148. The molecule has 5 atom stereocenters. The number of ether oxygens (including phenoxy) is 2. The van der Waals surface area contributed by atoms with Gasteiger partial charge in [0.1, 0.15) is 6.10 Å². The van der Waals surface area contributed by atoms with Crippen molar-refractivity contribution in [3.8, 4) is 0 Å². The van der Waals surface area contributed by atoms with E-state index in [4.69, 9.17) is 9.47 Å². The highest BCUT2D eigenvalue weighted by molar-refractivity contribution is 5.38. The highest BCUT2D eigenvalue weighted by Crippen LogP contribution is 2.50. The van der Waals surface area contributed by atoms with Crippen molar-refractivity contribution in [2.75, 3.05) is 6.61 Å². The van der Waals surface area contributed by atoms with E-state index in [0.717, 1.165) is 0 Å². The maximum absolute atomic E-state index is 10.4. The lowest BCUT2D eigenvalue weighted by Crippen LogP contribution is -2.39. The largest absolute Gasteiger partial charge is 0.461 e. The maximum atomic E-state index is 10.4. The van der Waals surface area contributed by atoms with Crippen LogP contribution in [-0.2, 0) is 14.3 Å². The Balaban J connectivity index is 2.06. The van der Waals surface area contributed by atoms with Gasteiger partial charge in [-0.05, 0) is 31.6 Å². The summed E-state index contributed by atoms with van der Waals surface area (Å²) in [5.41, 5.74) is 0. The van der Waals surface area contributed by atoms with Crippen LogP contribution in [0, 0.1) is 17.8 Å². The summed E-state index contributed by atoms with van der Waals surface area (Å²) in [6, 6.07) is 0. The van der Waals surface area contributed by atoms with E-state index in [1.165, 1.54) is 12.8 Å². The number of hydrogen-bond donors (Lipinski definition) is 0. The van der Waals surface area contributed by atoms with Crippen LogP contribution in [0.4, 0.5) is 0 Å². The highest BCUT2D eigenvalue weighted by Gasteiger charge is 2.53. The molecule has 2 aliphatic carbocycles. The summed E-state index contributed by atoms with van der Waals surface area (Å²) in [5.74, 6) is 1.82. The van der Waals surface area contributed by atoms with Crippen LogP contribution < -0.4 is 0 Å². The molecule has 0 radical (unpaired) electrons. The number of carbonyl (C=O) groups excluding carboxylic acids is 1. The van der Waals surface area contributed by atoms with E-state index in [1.54, 1.807) is 0 Å². The minimum atomic E-state index is 0.0150. The molecule has 2 rings (SSSR count). The summed E-state index contributed by atoms with van der Waals surface area (Å²) in [6.45, 7) is 5.52. The zero-order valence-corrected chi connectivity index (χ0v) is 8.81. The van der Waals surface area contributed by atoms with Gasteiger partial charge < -0.3 is 9.47 Å². The topological polar surface area (TPSA) is 35.5 Å². The molecule has 2 saturated carbocycles. The maximum Gasteiger partial charge on any atom is 0.293 e. The van der Waals surface area contributed by atoms with Crippen molar-refractivity contribution in [1.82, 2.24) is 0 Å². The summed E-state index contributed by atoms with van der Waals surface area (Å²) < 4.78 is 10.8. The van der Waals surface area contributed by atoms with Crippen molar-refractivity contribution in [2.24, 2.45) is 17.8 Å². The molecule has 5 unspecified atom stereocenters. The van der Waals surface area contributed by atoms with Gasteiger partial charge in [-0.15, -0.1) is 0 Å². The first-order chi connectivity index (χ1) is 6.77. The fraction of sp³-hybridized carbons (Fsp3) is 0.909. The quantitative estimate of drug-likeness (QED) is 0.644. The average molecular weight is 198 g/mol. The molecule has 0 aliphatic heterocycles. The Bertz CT molecular complexity index is 217. The first-order valence-electron chi connectivity index (χ1n) is 5.48. The predicted octanol–water partition coefficient (Wildman–Crippen LogP) is 1.61. The minimum absolute atomic E-state index is 0.0150. The van der Waals surface area contributed by atoms with Crippen LogP contribution in [0.3, 0.4) is 0 Å². The Morgan fingerprint density at radius 2 is 2.14 bits per heavy atom. The molecule has 2 aliphatic rings. The Hall–Kier alpha value is -0.570. The molecule has 0 aromatic carbocycles. The summed E-state index contributed by atoms with van der Waals surface area (Å²) >= 11 is 0. The summed E-state index contributed by atoms with van der Waals surface area (Å²) in [5, 5.41) is 0. The molecular weight excluding hydrogens is 180 g/mol. The second kappa shape index (κ2) is 3.89. The van der Waals surface area contributed by atoms with Crippen LogP contribution in [0.15, 0.2) is 0 Å². The van der Waals surface area contributed by atoms with E-state index < -0.39 is 0 Å². The van der Waals surface area contributed by atoms with Gasteiger partial charge in [-0.25, -0.2) is 0 Å². The van der Waals surface area contributed by atoms with E-state index >= 15 is 0 Å². The number of fused-ring (bicyclic) bond motifs is 2. The molecule has 3 nitrogen and oxygen atoms in total. The Morgan fingerprint density at radius 1 is 1.36 bits per heavy atom. The predicted molar refractivity (Wildman–Crippen MR) is 51.7 cm³/mol. The summed E-state index contributed by atoms with van der Waals surface area (Å²) in [6.07, 6.45) is 2.57. The third kappa shape index (κ3) is 1.44. The smallest absolute Gasteiger partial charge is 0.293 e. The third-order valence-electron chi connectivity index (χ3n) is 3.76. The van der Waals surface area contributed by atoms with Gasteiger partial charge in [0, 0.05) is 12.5 Å². The third-order valence-corrected chi connectivity index (χ3v) is 3.76. The molecule has 80 valence electrons. The molecule has 2 fully saturated rings. The molecule has 0 heterocycles. The Kier molecular flexibility index (Phi) is 2.77. The van der Waals surface area contributed by atoms with Crippen LogP contribution in [0.2, 0.25) is 0 Å². The second-order valence-electron chi connectivity index (χ2n) is 4.49. The SMILES string of the molecule is CCOC1C2CC(C)C(C2)C1OC=O. The number of hydrogen-bond acceptors (Lipinski definition) is 3. The average Bonchev–Trinajstić information content (AvgIpc) is 2.66. The van der Waals surface area contributed by atoms with Gasteiger partial charge in [-0.1, -0.05) is 6.92 Å². The zero-order valence-electron chi connectivity index (χ0n) is 8.81. The van der Waals surface area contributed by atoms with Crippen molar-refractivity contribution in [3.05, 3.63) is 0 Å². The van der Waals surface area contributed by atoms with Gasteiger partial charge in [0.15, 0.2) is 0 Å². The fourth-order valence-corrected chi connectivity index (χ4v) is 3.23. The lowest BCUT2D eigenvalue weighted by Gasteiger charge is -2.32. The van der Waals surface area contributed by atoms with Crippen molar-refractivity contribution in [3.63, 3.8) is 0 Å². The van der Waals surface area contributed by atoms with Crippen molar-refractivity contribution in [2.45, 2.75) is 38.9 Å². The van der Waals surface area contributed by atoms with Crippen LogP contribution in [0.5, 0.6) is 0 Å². The van der Waals surface area contributed by atoms with Crippen molar-refractivity contribution < 1.29 is 14.3 Å². The van der Waals surface area contributed by atoms with E-state index in [1.807, 2.05) is 6.92 Å². The zero-order chi connectivity index (χ0) is 10.1. The molecule has 0 aromatic heterocycles. The van der Waals surface area contributed by atoms with Gasteiger partial charge in [0.25, 0.3) is 6.47 Å². The molecule has 0 saturated heterocycles. The van der Waals surface area contributed by atoms with Crippen molar-refractivity contribution in [1.29, 1.82) is 0 Å². The summed E-state index contributed by atoms with van der Waals surface area (Å²) in [7, 11) is 0. The van der Waals surface area contributed by atoms with Gasteiger partial charge >= 0.3 is 0 Å². The molecule has 14 heavy (non-hydrogen) atoms. The molecule has 0 spiro atoms. The highest BCUT2D eigenvalue weighted by atomic mass is 16.6. The van der Waals surface area contributed by atoms with E-state index in [9.17, 15) is 4.79 Å². The first-order valence-corrected chi connectivity index (χ1v) is 5.48. The lowest BCUT2D eigenvalue weighted by atomic mass is 9.86. The molecule has 0 aromatic rings. The first kappa shape index (κ1) is 9.97. The molecule has 0 N–H and O–H groups in total. The minimum Gasteiger partial charge on any atom is -0.461 e. The Labute approximate surface area is 84.8 Å². The molecule has 2 bridgehead atoms. The fourth-order valence-electron chi connectivity index (χ4n) is 3.23. The van der Waals surface area contributed by atoms with Gasteiger partial charge in [0.2, 0.25) is 0 Å². The molecule has 0 amide bonds. The van der Waals surface area contributed by atoms with Crippen molar-refractivity contribution >= 4 is 6.47 Å². The number of rotatable bonds is 4. The van der Waals surface area contributed by atoms with Crippen LogP contribution in [0.1, 0.15) is 26.7 Å². The van der Waals surface area contributed by atoms with Crippen LogP contribution >= 0.6 is 0 Å². The van der Waals surface area contributed by atoms with E-state index in [0.29, 0.717) is 30.8 Å². The van der Waals surface area contributed by atoms with E-state index in [-0.39, 0.29) is 12.2 Å². The molecule has 3 heteroatoms. The second-order valence-corrected chi connectivity index (χ2v) is 4.49.